The van der Waals surface area contributed by atoms with Gasteiger partial charge in [-0.25, -0.2) is 0 Å². The molecule has 1 fully saturated rings. The Labute approximate surface area is 81.1 Å². The second-order valence-electron chi connectivity index (χ2n) is 3.56. The zero-order valence-corrected chi connectivity index (χ0v) is 7.59. The van der Waals surface area contributed by atoms with Crippen LogP contribution in [0, 0.1) is 16.0 Å². The standard InChI is InChI=1S/C9H11N3O2/c10-9(6-1-2-6)8-5-7(12(13)14)3-4-11-8/h3-6,9H,1-2,10H2/t9-/m0/s1. The summed E-state index contributed by atoms with van der Waals surface area (Å²) in [4.78, 5) is 14.1. The van der Waals surface area contributed by atoms with Gasteiger partial charge in [0.2, 0.25) is 0 Å². The topological polar surface area (TPSA) is 82.0 Å². The minimum atomic E-state index is -0.426. The van der Waals surface area contributed by atoms with Gasteiger partial charge in [-0.05, 0) is 18.8 Å². The maximum Gasteiger partial charge on any atom is 0.272 e. The maximum absolute atomic E-state index is 10.5. The summed E-state index contributed by atoms with van der Waals surface area (Å²) in [7, 11) is 0. The molecule has 1 aliphatic carbocycles. The molecule has 5 nitrogen and oxygen atoms in total. The van der Waals surface area contributed by atoms with Crippen LogP contribution in [-0.4, -0.2) is 9.91 Å². The zero-order chi connectivity index (χ0) is 10.1. The summed E-state index contributed by atoms with van der Waals surface area (Å²) in [5.74, 6) is 0.463. The maximum atomic E-state index is 10.5. The van der Waals surface area contributed by atoms with Crippen LogP contribution < -0.4 is 5.73 Å². The molecular weight excluding hydrogens is 182 g/mol. The van der Waals surface area contributed by atoms with Gasteiger partial charge in [0.15, 0.2) is 0 Å². The molecule has 2 rings (SSSR count). The van der Waals surface area contributed by atoms with Gasteiger partial charge in [0, 0.05) is 18.3 Å². The summed E-state index contributed by atoms with van der Waals surface area (Å²) in [6, 6.07) is 2.70. The number of aromatic nitrogens is 1. The number of nitrogens with zero attached hydrogens (tertiary/aromatic N) is 2. The molecule has 1 aliphatic rings. The van der Waals surface area contributed by atoms with Crippen molar-refractivity contribution in [3.8, 4) is 0 Å². The monoisotopic (exact) mass is 193 g/mol. The van der Waals surface area contributed by atoms with Gasteiger partial charge in [-0.15, -0.1) is 0 Å². The quantitative estimate of drug-likeness (QED) is 0.581. The van der Waals surface area contributed by atoms with E-state index in [1.807, 2.05) is 0 Å². The SMILES string of the molecule is N[C@H](c1cc([N+](=O)[O-])ccn1)C1CC1. The van der Waals surface area contributed by atoms with Gasteiger partial charge in [-0.2, -0.15) is 0 Å². The normalized spacial score (nSPS) is 17.8. The third-order valence-electron chi connectivity index (χ3n) is 2.45. The lowest BCUT2D eigenvalue weighted by Crippen LogP contribution is -2.14. The number of pyridine rings is 1. The lowest BCUT2D eigenvalue weighted by atomic mass is 10.1. The Kier molecular flexibility index (Phi) is 2.17. The highest BCUT2D eigenvalue weighted by molar-refractivity contribution is 5.31. The first-order valence-corrected chi connectivity index (χ1v) is 4.54. The first-order valence-electron chi connectivity index (χ1n) is 4.54. The Hall–Kier alpha value is -1.49. The fraction of sp³-hybridized carbons (Fsp3) is 0.444. The van der Waals surface area contributed by atoms with Gasteiger partial charge >= 0.3 is 0 Å². The van der Waals surface area contributed by atoms with Crippen molar-refractivity contribution in [3.05, 3.63) is 34.1 Å². The van der Waals surface area contributed by atoms with Crippen molar-refractivity contribution in [2.24, 2.45) is 11.7 Å². The van der Waals surface area contributed by atoms with Gasteiger partial charge in [0.25, 0.3) is 5.69 Å². The number of hydrogen-bond acceptors (Lipinski definition) is 4. The second kappa shape index (κ2) is 3.34. The molecule has 1 aromatic heterocycles. The van der Waals surface area contributed by atoms with Crippen molar-refractivity contribution in [2.75, 3.05) is 0 Å². The van der Waals surface area contributed by atoms with Gasteiger partial charge in [0.05, 0.1) is 16.7 Å². The molecule has 2 N–H and O–H groups in total. The Bertz CT molecular complexity index is 363. The van der Waals surface area contributed by atoms with Crippen LogP contribution in [0.1, 0.15) is 24.6 Å². The molecule has 0 unspecified atom stereocenters. The van der Waals surface area contributed by atoms with E-state index in [2.05, 4.69) is 4.98 Å². The highest BCUT2D eigenvalue weighted by Gasteiger charge is 2.30. The van der Waals surface area contributed by atoms with E-state index in [1.165, 1.54) is 18.3 Å². The summed E-state index contributed by atoms with van der Waals surface area (Å²) in [5, 5.41) is 10.5. The fourth-order valence-electron chi connectivity index (χ4n) is 1.43. The summed E-state index contributed by atoms with van der Waals surface area (Å²) < 4.78 is 0. The zero-order valence-electron chi connectivity index (χ0n) is 7.59. The molecule has 1 atom stereocenters. The molecule has 0 spiro atoms. The molecule has 74 valence electrons. The van der Waals surface area contributed by atoms with Crippen LogP contribution in [0.2, 0.25) is 0 Å². The Morgan fingerprint density at radius 2 is 2.36 bits per heavy atom. The fourth-order valence-corrected chi connectivity index (χ4v) is 1.43. The largest absolute Gasteiger partial charge is 0.322 e. The highest BCUT2D eigenvalue weighted by Crippen LogP contribution is 2.39. The Balaban J connectivity index is 2.24. The lowest BCUT2D eigenvalue weighted by molar-refractivity contribution is -0.385. The molecule has 14 heavy (non-hydrogen) atoms. The van der Waals surface area contributed by atoms with Gasteiger partial charge in [-0.3, -0.25) is 15.1 Å². The second-order valence-corrected chi connectivity index (χ2v) is 3.56. The third-order valence-corrected chi connectivity index (χ3v) is 2.45. The van der Waals surface area contributed by atoms with E-state index in [9.17, 15) is 10.1 Å². The summed E-state index contributed by atoms with van der Waals surface area (Å²) in [5.41, 5.74) is 6.57. The van der Waals surface area contributed by atoms with Crippen molar-refractivity contribution in [2.45, 2.75) is 18.9 Å². The third kappa shape index (κ3) is 1.72. The van der Waals surface area contributed by atoms with E-state index in [0.29, 0.717) is 11.6 Å². The van der Waals surface area contributed by atoms with Gasteiger partial charge in [0.1, 0.15) is 0 Å². The average molecular weight is 193 g/mol. The van der Waals surface area contributed by atoms with Crippen LogP contribution in [0.15, 0.2) is 18.3 Å². The van der Waals surface area contributed by atoms with Gasteiger partial charge in [-0.1, -0.05) is 0 Å². The minimum absolute atomic E-state index is 0.0612. The number of rotatable bonds is 3. The van der Waals surface area contributed by atoms with Crippen LogP contribution >= 0.6 is 0 Å². The van der Waals surface area contributed by atoms with E-state index < -0.39 is 4.92 Å². The summed E-state index contributed by atoms with van der Waals surface area (Å²) in [6.07, 6.45) is 3.65. The highest BCUT2D eigenvalue weighted by atomic mass is 16.6. The molecule has 5 heteroatoms. The molecule has 0 aromatic carbocycles. The molecule has 0 aliphatic heterocycles. The van der Waals surface area contributed by atoms with E-state index in [0.717, 1.165) is 12.8 Å². The molecule has 0 saturated heterocycles. The van der Waals surface area contributed by atoms with Crippen molar-refractivity contribution >= 4 is 5.69 Å². The lowest BCUT2D eigenvalue weighted by Gasteiger charge is -2.08. The van der Waals surface area contributed by atoms with E-state index in [1.54, 1.807) is 0 Å². The summed E-state index contributed by atoms with van der Waals surface area (Å²) >= 11 is 0. The van der Waals surface area contributed by atoms with Crippen LogP contribution in [0.5, 0.6) is 0 Å². The summed E-state index contributed by atoms with van der Waals surface area (Å²) in [6.45, 7) is 0. The molecule has 1 saturated carbocycles. The van der Waals surface area contributed by atoms with E-state index >= 15 is 0 Å². The Morgan fingerprint density at radius 3 is 2.93 bits per heavy atom. The first kappa shape index (κ1) is 9.08. The van der Waals surface area contributed by atoms with Crippen LogP contribution in [0.25, 0.3) is 0 Å². The van der Waals surface area contributed by atoms with Crippen molar-refractivity contribution in [1.82, 2.24) is 4.98 Å². The van der Waals surface area contributed by atoms with E-state index in [-0.39, 0.29) is 11.7 Å². The number of nitro groups is 1. The molecule has 0 bridgehead atoms. The Morgan fingerprint density at radius 1 is 1.64 bits per heavy atom. The van der Waals surface area contributed by atoms with Crippen molar-refractivity contribution < 1.29 is 4.92 Å². The number of hydrogen-bond donors (Lipinski definition) is 1. The molecule has 1 heterocycles. The smallest absolute Gasteiger partial charge is 0.272 e. The van der Waals surface area contributed by atoms with E-state index in [4.69, 9.17) is 5.73 Å². The molecule has 1 aromatic rings. The van der Waals surface area contributed by atoms with Crippen molar-refractivity contribution in [1.29, 1.82) is 0 Å². The van der Waals surface area contributed by atoms with Crippen LogP contribution in [0.3, 0.4) is 0 Å². The van der Waals surface area contributed by atoms with Crippen molar-refractivity contribution in [3.63, 3.8) is 0 Å². The molecule has 0 amide bonds. The van der Waals surface area contributed by atoms with Crippen LogP contribution in [-0.2, 0) is 0 Å². The average Bonchev–Trinajstić information content (AvgIpc) is 3.00. The molecular formula is C9H11N3O2. The predicted molar refractivity (Wildman–Crippen MR) is 50.5 cm³/mol. The van der Waals surface area contributed by atoms with Crippen LogP contribution in [0.4, 0.5) is 5.69 Å². The molecule has 0 radical (unpaired) electrons. The van der Waals surface area contributed by atoms with Gasteiger partial charge < -0.3 is 5.73 Å². The first-order chi connectivity index (χ1) is 6.68. The number of nitrogens with two attached hydrogens (primary N) is 1. The minimum Gasteiger partial charge on any atom is -0.322 e. The predicted octanol–water partition coefficient (Wildman–Crippen LogP) is 1.40.